The molecule has 0 spiro atoms. The summed E-state index contributed by atoms with van der Waals surface area (Å²) in [6, 6.07) is 4.99. The zero-order valence-electron chi connectivity index (χ0n) is 10.8. The van der Waals surface area contributed by atoms with Gasteiger partial charge in [0.25, 0.3) is 0 Å². The first-order valence-electron chi connectivity index (χ1n) is 6.00. The molecule has 0 unspecified atom stereocenters. The molecule has 0 amide bonds. The maximum absolute atomic E-state index is 12.2. The minimum atomic E-state index is -3.59. The van der Waals surface area contributed by atoms with E-state index in [9.17, 15) is 13.5 Å². The summed E-state index contributed by atoms with van der Waals surface area (Å²) >= 11 is 7.13. The van der Waals surface area contributed by atoms with Crippen LogP contribution in [0.25, 0.3) is 0 Å². The van der Waals surface area contributed by atoms with Crippen molar-refractivity contribution in [3.8, 4) is 0 Å². The molecule has 0 aliphatic heterocycles. The molecule has 0 saturated heterocycles. The Labute approximate surface area is 126 Å². The number of hydrogen-bond acceptors (Lipinski definition) is 4. The number of thiophene rings is 1. The minimum absolute atomic E-state index is 0.158. The molecule has 0 aliphatic rings. The van der Waals surface area contributed by atoms with Crippen molar-refractivity contribution >= 4 is 33.0 Å². The van der Waals surface area contributed by atoms with Gasteiger partial charge in [0.05, 0.1) is 15.8 Å². The lowest BCUT2D eigenvalue weighted by Gasteiger charge is -2.03. The van der Waals surface area contributed by atoms with Gasteiger partial charge in [0.15, 0.2) is 0 Å². The van der Waals surface area contributed by atoms with Gasteiger partial charge in [0, 0.05) is 29.9 Å². The van der Waals surface area contributed by atoms with Crippen LogP contribution >= 0.6 is 22.9 Å². The van der Waals surface area contributed by atoms with Gasteiger partial charge in [0.2, 0.25) is 10.0 Å². The van der Waals surface area contributed by atoms with Crippen molar-refractivity contribution in [1.29, 1.82) is 0 Å². The van der Waals surface area contributed by atoms with Crippen molar-refractivity contribution in [2.45, 2.75) is 31.5 Å². The molecular formula is C12H15ClN2O3S2. The van der Waals surface area contributed by atoms with Gasteiger partial charge in [-0.15, -0.1) is 11.3 Å². The van der Waals surface area contributed by atoms with Crippen molar-refractivity contribution in [2.24, 2.45) is 0 Å². The first-order valence-corrected chi connectivity index (χ1v) is 8.68. The van der Waals surface area contributed by atoms with Gasteiger partial charge in [-0.1, -0.05) is 11.6 Å². The Balaban J connectivity index is 2.15. The molecule has 0 atom stereocenters. The third kappa shape index (κ3) is 3.42. The molecule has 2 aromatic heterocycles. The van der Waals surface area contributed by atoms with Crippen LogP contribution in [0.15, 0.2) is 29.3 Å². The summed E-state index contributed by atoms with van der Waals surface area (Å²) in [6.07, 6.45) is 1.52. The van der Waals surface area contributed by atoms with Gasteiger partial charge < -0.3 is 9.67 Å². The predicted molar refractivity (Wildman–Crippen MR) is 79.4 cm³/mol. The molecule has 0 aromatic carbocycles. The molecule has 20 heavy (non-hydrogen) atoms. The third-order valence-electron chi connectivity index (χ3n) is 2.84. The number of hydrogen-bond donors (Lipinski definition) is 2. The zero-order valence-corrected chi connectivity index (χ0v) is 13.2. The topological polar surface area (TPSA) is 71.3 Å². The van der Waals surface area contributed by atoms with E-state index >= 15 is 0 Å². The fourth-order valence-electron chi connectivity index (χ4n) is 1.79. The van der Waals surface area contributed by atoms with E-state index in [2.05, 4.69) is 4.72 Å². The second-order valence-corrected chi connectivity index (χ2v) is 7.71. The van der Waals surface area contributed by atoms with Crippen molar-refractivity contribution in [3.63, 3.8) is 0 Å². The highest BCUT2D eigenvalue weighted by molar-refractivity contribution is 7.89. The predicted octanol–water partition coefficient (Wildman–Crippen LogP) is 2.19. The number of aryl methyl sites for hydroxylation is 1. The van der Waals surface area contributed by atoms with Crippen LogP contribution in [-0.2, 0) is 29.7 Å². The number of nitrogens with one attached hydrogen (secondary N) is 1. The van der Waals surface area contributed by atoms with Gasteiger partial charge in [-0.2, -0.15) is 0 Å². The molecule has 2 rings (SSSR count). The quantitative estimate of drug-likeness (QED) is 0.850. The molecule has 110 valence electrons. The summed E-state index contributed by atoms with van der Waals surface area (Å²) in [7, 11) is -3.59. The van der Waals surface area contributed by atoms with Gasteiger partial charge in [-0.05, 0) is 25.1 Å². The van der Waals surface area contributed by atoms with Crippen LogP contribution in [0.5, 0.6) is 0 Å². The number of halogens is 1. The normalized spacial score (nSPS) is 11.9. The summed E-state index contributed by atoms with van der Waals surface area (Å²) in [6.45, 7) is 2.50. The number of sulfonamides is 1. The van der Waals surface area contributed by atoms with Crippen LogP contribution < -0.4 is 4.72 Å². The molecule has 2 aromatic rings. The third-order valence-corrected chi connectivity index (χ3v) is 5.44. The first-order chi connectivity index (χ1) is 9.46. The van der Waals surface area contributed by atoms with Crippen LogP contribution in [0.2, 0.25) is 4.34 Å². The van der Waals surface area contributed by atoms with Gasteiger partial charge >= 0.3 is 0 Å². The SMILES string of the molecule is CCn1cc(S(=O)(=O)NCc2ccc(Cl)s2)cc1CO. The maximum atomic E-state index is 12.2. The van der Waals surface area contributed by atoms with E-state index in [1.807, 2.05) is 6.92 Å². The average Bonchev–Trinajstić information content (AvgIpc) is 3.02. The molecule has 5 nitrogen and oxygen atoms in total. The highest BCUT2D eigenvalue weighted by Gasteiger charge is 2.18. The standard InChI is InChI=1S/C12H15ClN2O3S2/c1-2-15-7-11(5-9(15)8-16)20(17,18)14-6-10-3-4-12(13)19-10/h3-5,7,14,16H,2,6,8H2,1H3. The molecule has 8 heteroatoms. The molecular weight excluding hydrogens is 320 g/mol. The van der Waals surface area contributed by atoms with Crippen molar-refractivity contribution in [1.82, 2.24) is 9.29 Å². The molecule has 2 N–H and O–H groups in total. The van der Waals surface area contributed by atoms with E-state index in [0.717, 1.165) is 4.88 Å². The van der Waals surface area contributed by atoms with E-state index in [1.165, 1.54) is 23.6 Å². The van der Waals surface area contributed by atoms with Gasteiger partial charge in [-0.3, -0.25) is 0 Å². The minimum Gasteiger partial charge on any atom is -0.390 e. The molecule has 0 saturated carbocycles. The fourth-order valence-corrected chi connectivity index (χ4v) is 3.98. The van der Waals surface area contributed by atoms with Gasteiger partial charge in [0.1, 0.15) is 0 Å². The second-order valence-electron chi connectivity index (χ2n) is 4.14. The Kier molecular flexibility index (Phi) is 4.87. The van der Waals surface area contributed by atoms with Crippen LogP contribution in [0.1, 0.15) is 17.5 Å². The zero-order chi connectivity index (χ0) is 14.8. The number of nitrogens with zero attached hydrogens (tertiary/aromatic N) is 1. The lowest BCUT2D eigenvalue weighted by Crippen LogP contribution is -2.22. The van der Waals surface area contributed by atoms with Crippen LogP contribution in [0.4, 0.5) is 0 Å². The Bertz CT molecular complexity index is 670. The summed E-state index contributed by atoms with van der Waals surface area (Å²) in [5.41, 5.74) is 0.576. The van der Waals surface area contributed by atoms with E-state index in [1.54, 1.807) is 16.7 Å². The number of aromatic nitrogens is 1. The molecule has 0 radical (unpaired) electrons. The molecule has 0 fully saturated rings. The second kappa shape index (κ2) is 6.28. The number of aliphatic hydroxyl groups is 1. The Morgan fingerprint density at radius 3 is 2.70 bits per heavy atom. The van der Waals surface area contributed by atoms with E-state index in [-0.39, 0.29) is 18.0 Å². The highest BCUT2D eigenvalue weighted by atomic mass is 35.5. The van der Waals surface area contributed by atoms with Crippen LogP contribution in [0.3, 0.4) is 0 Å². The summed E-state index contributed by atoms with van der Waals surface area (Å²) in [4.78, 5) is 1.00. The van der Waals surface area contributed by atoms with Crippen molar-refractivity contribution in [3.05, 3.63) is 39.3 Å². The smallest absolute Gasteiger partial charge is 0.242 e. The number of aliphatic hydroxyl groups excluding tert-OH is 1. The lowest BCUT2D eigenvalue weighted by atomic mass is 10.4. The van der Waals surface area contributed by atoms with E-state index < -0.39 is 10.0 Å². The van der Waals surface area contributed by atoms with Crippen LogP contribution in [-0.4, -0.2) is 18.1 Å². The number of rotatable bonds is 6. The summed E-state index contributed by atoms with van der Waals surface area (Å²) in [5, 5.41) is 9.19. The van der Waals surface area contributed by atoms with Gasteiger partial charge in [-0.25, -0.2) is 13.1 Å². The summed E-state index contributed by atoms with van der Waals surface area (Å²) in [5.74, 6) is 0. The fraction of sp³-hybridized carbons (Fsp3) is 0.333. The van der Waals surface area contributed by atoms with Crippen molar-refractivity contribution < 1.29 is 13.5 Å². The van der Waals surface area contributed by atoms with E-state index in [4.69, 9.17) is 11.6 Å². The highest BCUT2D eigenvalue weighted by Crippen LogP contribution is 2.22. The Hall–Kier alpha value is -0.860. The van der Waals surface area contributed by atoms with Crippen molar-refractivity contribution in [2.75, 3.05) is 0 Å². The maximum Gasteiger partial charge on any atom is 0.242 e. The Morgan fingerprint density at radius 2 is 2.20 bits per heavy atom. The first kappa shape index (κ1) is 15.5. The van der Waals surface area contributed by atoms with Crippen LogP contribution in [0, 0.1) is 0 Å². The van der Waals surface area contributed by atoms with E-state index in [0.29, 0.717) is 16.6 Å². The molecule has 2 heterocycles. The molecule has 0 bridgehead atoms. The molecule has 0 aliphatic carbocycles. The average molecular weight is 335 g/mol. The lowest BCUT2D eigenvalue weighted by molar-refractivity contribution is 0.271. The Morgan fingerprint density at radius 1 is 1.45 bits per heavy atom. The largest absolute Gasteiger partial charge is 0.390 e. The summed E-state index contributed by atoms with van der Waals surface area (Å²) < 4.78 is 29.2. The monoisotopic (exact) mass is 334 g/mol.